The molecule has 0 aliphatic heterocycles. The Labute approximate surface area is 79.7 Å². The van der Waals surface area contributed by atoms with Crippen LogP contribution >= 0.6 is 0 Å². The number of nitrogens with zero attached hydrogens (tertiary/aromatic N) is 1. The Morgan fingerprint density at radius 1 is 1.38 bits per heavy atom. The molecule has 0 unspecified atom stereocenters. The Balaban J connectivity index is 0.000000671. The zero-order valence-electron chi connectivity index (χ0n) is 8.68. The number of aryl methyl sites for hydroxylation is 1. The summed E-state index contributed by atoms with van der Waals surface area (Å²) in [6, 6.07) is 3.83. The van der Waals surface area contributed by atoms with Crippen LogP contribution in [0.1, 0.15) is 25.2 Å². The number of rotatable bonds is 2. The molecule has 3 heteroatoms. The molecule has 72 valence electrons. The van der Waals surface area contributed by atoms with Crippen LogP contribution in [0.5, 0.6) is 0 Å². The van der Waals surface area contributed by atoms with Gasteiger partial charge in [0.25, 0.3) is 0 Å². The lowest BCUT2D eigenvalue weighted by Crippen LogP contribution is -1.98. The van der Waals surface area contributed by atoms with Gasteiger partial charge in [0.05, 0.1) is 5.69 Å². The van der Waals surface area contributed by atoms with E-state index in [9.17, 15) is 0 Å². The van der Waals surface area contributed by atoms with Crippen LogP contribution in [0.2, 0.25) is 0 Å². The molecule has 0 aromatic carbocycles. The summed E-state index contributed by atoms with van der Waals surface area (Å²) < 4.78 is 0. The lowest BCUT2D eigenvalue weighted by atomic mass is 10.3. The Kier molecular flexibility index (Phi) is 5.52. The van der Waals surface area contributed by atoms with Crippen LogP contribution in [-0.2, 0) is 0 Å². The van der Waals surface area contributed by atoms with E-state index in [0.717, 1.165) is 11.4 Å². The first-order valence-electron chi connectivity index (χ1n) is 4.44. The predicted molar refractivity (Wildman–Crippen MR) is 57.8 cm³/mol. The van der Waals surface area contributed by atoms with Crippen molar-refractivity contribution in [3.8, 4) is 0 Å². The molecule has 1 rings (SSSR count). The molecule has 1 aromatic heterocycles. The van der Waals surface area contributed by atoms with E-state index in [1.165, 1.54) is 6.21 Å². The third-order valence-electron chi connectivity index (χ3n) is 1.47. The van der Waals surface area contributed by atoms with Crippen molar-refractivity contribution in [1.82, 2.24) is 4.98 Å². The van der Waals surface area contributed by atoms with Crippen molar-refractivity contribution in [2.75, 3.05) is 12.4 Å². The molecule has 3 nitrogen and oxygen atoms in total. The summed E-state index contributed by atoms with van der Waals surface area (Å²) in [5.74, 6) is 0. The minimum atomic E-state index is 0.688. The molecule has 0 fully saturated rings. The van der Waals surface area contributed by atoms with Crippen molar-refractivity contribution >= 4 is 11.9 Å². The number of hydrogen-bond donors (Lipinski definition) is 2. The number of hydrogen-bond acceptors (Lipinski definition) is 3. The SMILES string of the molecule is CC.CNc1ccc(C)nc1C=N. The van der Waals surface area contributed by atoms with Gasteiger partial charge in [0.15, 0.2) is 0 Å². The van der Waals surface area contributed by atoms with Crippen LogP contribution in [0, 0.1) is 12.3 Å². The molecule has 0 saturated carbocycles. The van der Waals surface area contributed by atoms with Crippen molar-refractivity contribution in [3.63, 3.8) is 0 Å². The fourth-order valence-electron chi connectivity index (χ4n) is 0.898. The average molecular weight is 179 g/mol. The quantitative estimate of drug-likeness (QED) is 0.685. The van der Waals surface area contributed by atoms with Gasteiger partial charge < -0.3 is 10.7 Å². The van der Waals surface area contributed by atoms with Gasteiger partial charge in [-0.25, -0.2) is 4.98 Å². The molecule has 0 spiro atoms. The first-order chi connectivity index (χ1) is 6.27. The monoisotopic (exact) mass is 179 g/mol. The van der Waals surface area contributed by atoms with Crippen molar-refractivity contribution in [3.05, 3.63) is 23.5 Å². The van der Waals surface area contributed by atoms with Crippen molar-refractivity contribution in [1.29, 1.82) is 5.41 Å². The molecule has 0 amide bonds. The van der Waals surface area contributed by atoms with Crippen LogP contribution in [0.25, 0.3) is 0 Å². The molecule has 0 aliphatic rings. The second-order valence-corrected chi connectivity index (χ2v) is 2.28. The molecule has 0 atom stereocenters. The molecular formula is C10H17N3. The van der Waals surface area contributed by atoms with Crippen LogP contribution in [0.4, 0.5) is 5.69 Å². The van der Waals surface area contributed by atoms with Gasteiger partial charge in [-0.3, -0.25) is 0 Å². The maximum atomic E-state index is 7.06. The Hall–Kier alpha value is -1.38. The minimum Gasteiger partial charge on any atom is -0.386 e. The number of anilines is 1. The first-order valence-corrected chi connectivity index (χ1v) is 4.44. The summed E-state index contributed by atoms with van der Waals surface area (Å²) in [7, 11) is 1.82. The van der Waals surface area contributed by atoms with Gasteiger partial charge >= 0.3 is 0 Å². The average Bonchev–Trinajstić information content (AvgIpc) is 2.20. The third kappa shape index (κ3) is 3.23. The fourth-order valence-corrected chi connectivity index (χ4v) is 0.898. The van der Waals surface area contributed by atoms with Gasteiger partial charge in [0, 0.05) is 19.0 Å². The van der Waals surface area contributed by atoms with E-state index in [-0.39, 0.29) is 0 Å². The van der Waals surface area contributed by atoms with Crippen LogP contribution in [0.3, 0.4) is 0 Å². The topological polar surface area (TPSA) is 48.8 Å². The van der Waals surface area contributed by atoms with Gasteiger partial charge in [-0.15, -0.1) is 0 Å². The van der Waals surface area contributed by atoms with Crippen molar-refractivity contribution in [2.45, 2.75) is 20.8 Å². The summed E-state index contributed by atoms with van der Waals surface area (Å²) in [4.78, 5) is 4.16. The fraction of sp³-hybridized carbons (Fsp3) is 0.400. The molecule has 0 saturated heterocycles. The predicted octanol–water partition coefficient (Wildman–Crippen LogP) is 2.46. The van der Waals surface area contributed by atoms with Gasteiger partial charge in [0.2, 0.25) is 0 Å². The second kappa shape index (κ2) is 6.17. The lowest BCUT2D eigenvalue weighted by molar-refractivity contribution is 1.18. The molecule has 0 bridgehead atoms. The summed E-state index contributed by atoms with van der Waals surface area (Å²) >= 11 is 0. The third-order valence-corrected chi connectivity index (χ3v) is 1.47. The number of nitrogens with one attached hydrogen (secondary N) is 2. The zero-order valence-corrected chi connectivity index (χ0v) is 8.68. The Morgan fingerprint density at radius 3 is 2.46 bits per heavy atom. The number of pyridine rings is 1. The van der Waals surface area contributed by atoms with Gasteiger partial charge in [-0.2, -0.15) is 0 Å². The Bertz CT molecular complexity index is 269. The van der Waals surface area contributed by atoms with E-state index in [1.807, 2.05) is 40.0 Å². The largest absolute Gasteiger partial charge is 0.386 e. The van der Waals surface area contributed by atoms with Crippen molar-refractivity contribution < 1.29 is 0 Å². The normalized spacial score (nSPS) is 8.31. The summed E-state index contributed by atoms with van der Waals surface area (Å²) in [6.45, 7) is 5.91. The summed E-state index contributed by atoms with van der Waals surface area (Å²) in [6.07, 6.45) is 1.25. The standard InChI is InChI=1S/C8H11N3.C2H6/c1-6-3-4-7(10-2)8(5-9)11-6;1-2/h3-5,9-10H,1-2H3;1-2H3. The molecule has 1 aromatic rings. The molecule has 1 heterocycles. The maximum absolute atomic E-state index is 7.06. The molecule has 0 aliphatic carbocycles. The van der Waals surface area contributed by atoms with Gasteiger partial charge in [-0.05, 0) is 19.1 Å². The van der Waals surface area contributed by atoms with E-state index in [1.54, 1.807) is 0 Å². The van der Waals surface area contributed by atoms with Crippen molar-refractivity contribution in [2.24, 2.45) is 0 Å². The van der Waals surface area contributed by atoms with E-state index in [0.29, 0.717) is 5.69 Å². The van der Waals surface area contributed by atoms with Gasteiger partial charge in [0.1, 0.15) is 5.69 Å². The molecular weight excluding hydrogens is 162 g/mol. The van der Waals surface area contributed by atoms with Crippen LogP contribution in [0.15, 0.2) is 12.1 Å². The highest BCUT2D eigenvalue weighted by Gasteiger charge is 1.97. The summed E-state index contributed by atoms with van der Waals surface area (Å²) in [5.41, 5.74) is 2.51. The van der Waals surface area contributed by atoms with Crippen LogP contribution < -0.4 is 5.32 Å². The van der Waals surface area contributed by atoms with E-state index >= 15 is 0 Å². The zero-order chi connectivity index (χ0) is 10.3. The van der Waals surface area contributed by atoms with E-state index in [4.69, 9.17) is 5.41 Å². The molecule has 2 N–H and O–H groups in total. The highest BCUT2D eigenvalue weighted by atomic mass is 14.9. The highest BCUT2D eigenvalue weighted by Crippen LogP contribution is 2.09. The summed E-state index contributed by atoms with van der Waals surface area (Å²) in [5, 5.41) is 10.0. The van der Waals surface area contributed by atoms with Crippen LogP contribution in [-0.4, -0.2) is 18.2 Å². The minimum absolute atomic E-state index is 0.688. The lowest BCUT2D eigenvalue weighted by Gasteiger charge is -2.03. The number of aromatic nitrogens is 1. The first kappa shape index (κ1) is 11.6. The van der Waals surface area contributed by atoms with Gasteiger partial charge in [-0.1, -0.05) is 13.8 Å². The highest BCUT2D eigenvalue weighted by molar-refractivity contribution is 5.82. The Morgan fingerprint density at radius 2 is 2.00 bits per heavy atom. The van der Waals surface area contributed by atoms with E-state index < -0.39 is 0 Å². The van der Waals surface area contributed by atoms with E-state index in [2.05, 4.69) is 10.3 Å². The smallest absolute Gasteiger partial charge is 0.104 e. The molecule has 0 radical (unpaired) electrons. The second-order valence-electron chi connectivity index (χ2n) is 2.28. The molecule has 13 heavy (non-hydrogen) atoms. The maximum Gasteiger partial charge on any atom is 0.104 e.